The first-order chi connectivity index (χ1) is 11.5. The molecule has 1 atom stereocenters. The van der Waals surface area contributed by atoms with Gasteiger partial charge in [0.2, 0.25) is 0 Å². The zero-order valence-electron chi connectivity index (χ0n) is 13.2. The number of aliphatic hydroxyl groups excluding tert-OH is 2. The molecule has 6 nitrogen and oxygen atoms in total. The summed E-state index contributed by atoms with van der Waals surface area (Å²) in [5, 5.41) is 22.9. The molecule has 0 saturated heterocycles. The van der Waals surface area contributed by atoms with E-state index in [1.807, 2.05) is 4.90 Å². The molecule has 8 heteroatoms. The summed E-state index contributed by atoms with van der Waals surface area (Å²) in [6.45, 7) is 1.45. The van der Waals surface area contributed by atoms with Gasteiger partial charge in [-0.2, -0.15) is 5.10 Å². The van der Waals surface area contributed by atoms with Gasteiger partial charge in [0.05, 0.1) is 31.6 Å². The third-order valence-corrected chi connectivity index (χ3v) is 4.16. The van der Waals surface area contributed by atoms with Crippen LogP contribution in [0.4, 0.5) is 8.78 Å². The van der Waals surface area contributed by atoms with Gasteiger partial charge in [-0.25, -0.2) is 8.78 Å². The second-order valence-electron chi connectivity index (χ2n) is 5.73. The van der Waals surface area contributed by atoms with Crippen LogP contribution >= 0.6 is 0 Å². The normalized spacial score (nSPS) is 16.0. The molecule has 2 heterocycles. The van der Waals surface area contributed by atoms with Gasteiger partial charge in [0, 0.05) is 25.2 Å². The Morgan fingerprint density at radius 1 is 1.33 bits per heavy atom. The lowest BCUT2D eigenvalue weighted by Crippen LogP contribution is -2.33. The van der Waals surface area contributed by atoms with Crippen LogP contribution in [-0.4, -0.2) is 45.2 Å². The van der Waals surface area contributed by atoms with Crippen LogP contribution in [0.5, 0.6) is 5.75 Å². The van der Waals surface area contributed by atoms with Crippen molar-refractivity contribution in [2.75, 3.05) is 20.3 Å². The highest BCUT2D eigenvalue weighted by atomic mass is 19.2. The summed E-state index contributed by atoms with van der Waals surface area (Å²) in [4.78, 5) is 1.95. The van der Waals surface area contributed by atoms with E-state index in [9.17, 15) is 13.9 Å². The molecular weight excluding hydrogens is 320 g/mol. The molecule has 130 valence electrons. The molecule has 1 aliphatic heterocycles. The Hall–Kier alpha value is -2.03. The first-order valence-electron chi connectivity index (χ1n) is 7.62. The molecular formula is C16H19F2N3O3. The smallest absolute Gasteiger partial charge is 0.167 e. The molecule has 0 radical (unpaired) electrons. The van der Waals surface area contributed by atoms with E-state index in [1.54, 1.807) is 10.7 Å². The maximum absolute atomic E-state index is 14.1. The van der Waals surface area contributed by atoms with E-state index < -0.39 is 24.3 Å². The molecule has 1 aromatic carbocycles. The fourth-order valence-corrected chi connectivity index (χ4v) is 2.87. The molecule has 2 aromatic rings. The molecule has 3 rings (SSSR count). The quantitative estimate of drug-likeness (QED) is 0.857. The molecule has 0 bridgehead atoms. The minimum Gasteiger partial charge on any atom is -0.496 e. The van der Waals surface area contributed by atoms with Crippen LogP contribution < -0.4 is 4.74 Å². The van der Waals surface area contributed by atoms with E-state index in [-0.39, 0.29) is 12.1 Å². The second kappa shape index (κ2) is 6.84. The third kappa shape index (κ3) is 3.12. The van der Waals surface area contributed by atoms with Crippen LogP contribution in [-0.2, 0) is 19.6 Å². The van der Waals surface area contributed by atoms with Crippen molar-refractivity contribution in [3.8, 4) is 5.75 Å². The Morgan fingerprint density at radius 2 is 2.12 bits per heavy atom. The standard InChI is InChI=1S/C16H19F2N3O3/c1-24-15-3-2-12(17)16(18)11(15)8-20-4-5-21-10(7-20)6-13(19-21)14(23)9-22/h2-3,6,14,22-23H,4-5,7-9H2,1H3/t14-/m0/s1. The van der Waals surface area contributed by atoms with Crippen molar-refractivity contribution < 1.29 is 23.7 Å². The number of hydrogen-bond donors (Lipinski definition) is 2. The molecule has 1 aliphatic rings. The fourth-order valence-electron chi connectivity index (χ4n) is 2.87. The van der Waals surface area contributed by atoms with Gasteiger partial charge in [0.1, 0.15) is 11.9 Å². The van der Waals surface area contributed by atoms with Gasteiger partial charge >= 0.3 is 0 Å². The minimum atomic E-state index is -1.02. The highest BCUT2D eigenvalue weighted by Crippen LogP contribution is 2.27. The largest absolute Gasteiger partial charge is 0.496 e. The number of aromatic nitrogens is 2. The number of nitrogens with zero attached hydrogens (tertiary/aromatic N) is 3. The summed E-state index contributed by atoms with van der Waals surface area (Å²) < 4.78 is 34.5. The summed E-state index contributed by atoms with van der Waals surface area (Å²) in [5.41, 5.74) is 1.43. The number of halogens is 2. The highest BCUT2D eigenvalue weighted by molar-refractivity contribution is 5.35. The predicted molar refractivity (Wildman–Crippen MR) is 81.3 cm³/mol. The van der Waals surface area contributed by atoms with Crippen molar-refractivity contribution in [2.45, 2.75) is 25.7 Å². The lowest BCUT2D eigenvalue weighted by Gasteiger charge is -2.28. The number of methoxy groups -OCH3 is 1. The molecule has 0 aliphatic carbocycles. The van der Waals surface area contributed by atoms with Crippen LogP contribution in [0, 0.1) is 11.6 Å². The van der Waals surface area contributed by atoms with Crippen LogP contribution in [0.3, 0.4) is 0 Å². The van der Waals surface area contributed by atoms with Gasteiger partial charge in [-0.3, -0.25) is 9.58 Å². The Morgan fingerprint density at radius 3 is 2.83 bits per heavy atom. The van der Waals surface area contributed by atoms with Crippen LogP contribution in [0.25, 0.3) is 0 Å². The molecule has 0 spiro atoms. The molecule has 0 saturated carbocycles. The predicted octanol–water partition coefficient (Wildman–Crippen LogP) is 1.21. The molecule has 0 fully saturated rings. The maximum atomic E-state index is 14.1. The lowest BCUT2D eigenvalue weighted by molar-refractivity contribution is 0.0915. The molecule has 2 N–H and O–H groups in total. The Bertz CT molecular complexity index is 736. The van der Waals surface area contributed by atoms with Gasteiger partial charge in [-0.05, 0) is 18.2 Å². The van der Waals surface area contributed by atoms with Gasteiger partial charge in [-0.1, -0.05) is 0 Å². The van der Waals surface area contributed by atoms with E-state index in [2.05, 4.69) is 5.10 Å². The van der Waals surface area contributed by atoms with Crippen LogP contribution in [0.1, 0.15) is 23.1 Å². The zero-order valence-corrected chi connectivity index (χ0v) is 13.2. The highest BCUT2D eigenvalue weighted by Gasteiger charge is 2.23. The van der Waals surface area contributed by atoms with Crippen molar-refractivity contribution in [1.82, 2.24) is 14.7 Å². The summed E-state index contributed by atoms with van der Waals surface area (Å²) in [6, 6.07) is 4.18. The molecule has 24 heavy (non-hydrogen) atoms. The molecule has 0 amide bonds. The average Bonchev–Trinajstić information content (AvgIpc) is 3.02. The first kappa shape index (κ1) is 16.8. The summed E-state index contributed by atoms with van der Waals surface area (Å²) in [5.74, 6) is -1.49. The van der Waals surface area contributed by atoms with E-state index in [1.165, 1.54) is 13.2 Å². The Kier molecular flexibility index (Phi) is 4.79. The summed E-state index contributed by atoms with van der Waals surface area (Å²) in [7, 11) is 1.42. The van der Waals surface area contributed by atoms with E-state index in [0.29, 0.717) is 31.1 Å². The van der Waals surface area contributed by atoms with Crippen molar-refractivity contribution in [3.63, 3.8) is 0 Å². The van der Waals surface area contributed by atoms with E-state index in [4.69, 9.17) is 9.84 Å². The van der Waals surface area contributed by atoms with Gasteiger partial charge < -0.3 is 14.9 Å². The van der Waals surface area contributed by atoms with E-state index >= 15 is 0 Å². The van der Waals surface area contributed by atoms with Crippen LogP contribution in [0.15, 0.2) is 18.2 Å². The van der Waals surface area contributed by atoms with E-state index in [0.717, 1.165) is 11.8 Å². The third-order valence-electron chi connectivity index (χ3n) is 4.16. The SMILES string of the molecule is COc1ccc(F)c(F)c1CN1CCn2nc([C@@H](O)CO)cc2C1. The summed E-state index contributed by atoms with van der Waals surface area (Å²) in [6.07, 6.45) is -1.02. The van der Waals surface area contributed by atoms with Crippen molar-refractivity contribution >= 4 is 0 Å². The minimum absolute atomic E-state index is 0.182. The van der Waals surface area contributed by atoms with Gasteiger partial charge in [-0.15, -0.1) is 0 Å². The number of benzene rings is 1. The number of rotatable bonds is 5. The Labute approximate surface area is 137 Å². The fraction of sp³-hybridized carbons (Fsp3) is 0.438. The van der Waals surface area contributed by atoms with Crippen molar-refractivity contribution in [1.29, 1.82) is 0 Å². The monoisotopic (exact) mass is 339 g/mol. The van der Waals surface area contributed by atoms with Crippen molar-refractivity contribution in [3.05, 3.63) is 46.8 Å². The number of aliphatic hydroxyl groups is 2. The maximum Gasteiger partial charge on any atom is 0.167 e. The average molecular weight is 339 g/mol. The molecule has 1 aromatic heterocycles. The zero-order chi connectivity index (χ0) is 17.3. The van der Waals surface area contributed by atoms with Crippen molar-refractivity contribution in [2.24, 2.45) is 0 Å². The topological polar surface area (TPSA) is 70.8 Å². The Balaban J connectivity index is 1.79. The first-order valence-corrected chi connectivity index (χ1v) is 7.62. The van der Waals surface area contributed by atoms with Gasteiger partial charge in [0.25, 0.3) is 0 Å². The van der Waals surface area contributed by atoms with Crippen LogP contribution in [0.2, 0.25) is 0 Å². The number of fused-ring (bicyclic) bond motifs is 1. The van der Waals surface area contributed by atoms with Gasteiger partial charge in [0.15, 0.2) is 11.6 Å². The second-order valence-corrected chi connectivity index (χ2v) is 5.73. The lowest BCUT2D eigenvalue weighted by atomic mass is 10.1. The molecule has 0 unspecified atom stereocenters. The summed E-state index contributed by atoms with van der Waals surface area (Å²) >= 11 is 0. The number of ether oxygens (including phenoxy) is 1. The number of hydrogen-bond acceptors (Lipinski definition) is 5.